The molecule has 0 aromatic heterocycles. The normalized spacial score (nSPS) is 15.6. The van der Waals surface area contributed by atoms with E-state index in [2.05, 4.69) is 5.32 Å². The van der Waals surface area contributed by atoms with Crippen LogP contribution >= 0.6 is 0 Å². The fourth-order valence-corrected chi connectivity index (χ4v) is 3.51. The Balaban J connectivity index is 1.62. The van der Waals surface area contributed by atoms with E-state index < -0.39 is 12.1 Å². The predicted octanol–water partition coefficient (Wildman–Crippen LogP) is 4.39. The van der Waals surface area contributed by atoms with Crippen molar-refractivity contribution in [1.29, 1.82) is 0 Å². The van der Waals surface area contributed by atoms with Crippen LogP contribution in [0.1, 0.15) is 16.7 Å². The van der Waals surface area contributed by atoms with Gasteiger partial charge in [0.15, 0.2) is 0 Å². The molecule has 1 atom stereocenters. The number of anilines is 1. The summed E-state index contributed by atoms with van der Waals surface area (Å²) in [5.41, 5.74) is 4.46. The number of benzene rings is 3. The number of carbonyl (C=O) groups excluding carboxylic acids is 2. The van der Waals surface area contributed by atoms with Crippen molar-refractivity contribution >= 4 is 23.3 Å². The van der Waals surface area contributed by atoms with Crippen LogP contribution in [0.5, 0.6) is 0 Å². The monoisotopic (exact) mass is 398 g/mol. The lowest BCUT2D eigenvalue weighted by Crippen LogP contribution is -2.46. The van der Waals surface area contributed by atoms with Crippen LogP contribution in [0.2, 0.25) is 0 Å². The van der Waals surface area contributed by atoms with E-state index in [1.807, 2.05) is 84.9 Å². The standard InChI is InChI=1S/C25H22N2O3/c1-27-23-15-9-8-14-20(23)21(19-12-6-3-7-13-19)16-22(24(27)28)26-25(29)30-17-18-10-4-2-5-11-18/h2-16,22H,17H2,1H3,(H,26,29). The molecule has 5 nitrogen and oxygen atoms in total. The van der Waals surface area contributed by atoms with Crippen molar-refractivity contribution in [2.75, 3.05) is 11.9 Å². The Kier molecular flexibility index (Phi) is 5.61. The Morgan fingerprint density at radius 1 is 0.933 bits per heavy atom. The first-order chi connectivity index (χ1) is 14.6. The van der Waals surface area contributed by atoms with Gasteiger partial charge in [-0.15, -0.1) is 0 Å². The molecule has 0 radical (unpaired) electrons. The zero-order valence-electron chi connectivity index (χ0n) is 16.6. The van der Waals surface area contributed by atoms with Gasteiger partial charge in [-0.1, -0.05) is 78.9 Å². The second-order valence-electron chi connectivity index (χ2n) is 7.04. The number of rotatable bonds is 4. The largest absolute Gasteiger partial charge is 0.445 e. The molecule has 3 aromatic rings. The van der Waals surface area contributed by atoms with Crippen molar-refractivity contribution < 1.29 is 14.3 Å². The molecule has 1 aliphatic rings. The van der Waals surface area contributed by atoms with Crippen molar-refractivity contribution in [3.63, 3.8) is 0 Å². The summed E-state index contributed by atoms with van der Waals surface area (Å²) in [6, 6.07) is 26.1. The number of hydrogen-bond acceptors (Lipinski definition) is 3. The van der Waals surface area contributed by atoms with Crippen LogP contribution in [0, 0.1) is 0 Å². The molecule has 4 rings (SSSR count). The third-order valence-corrected chi connectivity index (χ3v) is 5.06. The molecule has 0 fully saturated rings. The molecular formula is C25H22N2O3. The minimum absolute atomic E-state index is 0.138. The molecule has 0 saturated heterocycles. The van der Waals surface area contributed by atoms with Crippen molar-refractivity contribution in [2.45, 2.75) is 12.6 Å². The van der Waals surface area contributed by atoms with Crippen molar-refractivity contribution in [1.82, 2.24) is 5.32 Å². The highest BCUT2D eigenvalue weighted by Crippen LogP contribution is 2.34. The Labute approximate surface area is 175 Å². The van der Waals surface area contributed by atoms with E-state index in [0.29, 0.717) is 0 Å². The first kappa shape index (κ1) is 19.5. The van der Waals surface area contributed by atoms with Crippen LogP contribution in [0.4, 0.5) is 10.5 Å². The van der Waals surface area contributed by atoms with Crippen molar-refractivity contribution in [3.05, 3.63) is 108 Å². The average Bonchev–Trinajstić information content (AvgIpc) is 2.90. The highest BCUT2D eigenvalue weighted by molar-refractivity contribution is 6.06. The molecule has 150 valence electrons. The van der Waals surface area contributed by atoms with Gasteiger partial charge in [-0.25, -0.2) is 4.79 Å². The number of nitrogens with one attached hydrogen (secondary N) is 1. The quantitative estimate of drug-likeness (QED) is 0.709. The van der Waals surface area contributed by atoms with Crippen molar-refractivity contribution in [3.8, 4) is 0 Å². The second-order valence-corrected chi connectivity index (χ2v) is 7.04. The summed E-state index contributed by atoms with van der Waals surface area (Å²) in [6.45, 7) is 0.138. The lowest BCUT2D eigenvalue weighted by molar-refractivity contribution is -0.119. The number of nitrogens with zero attached hydrogens (tertiary/aromatic N) is 1. The van der Waals surface area contributed by atoms with Gasteiger partial charge in [-0.3, -0.25) is 4.79 Å². The summed E-state index contributed by atoms with van der Waals surface area (Å²) in [5, 5.41) is 2.72. The van der Waals surface area contributed by atoms with Gasteiger partial charge >= 0.3 is 6.09 Å². The molecule has 0 aliphatic carbocycles. The average molecular weight is 398 g/mol. The Hall–Kier alpha value is -3.86. The molecule has 3 aromatic carbocycles. The summed E-state index contributed by atoms with van der Waals surface area (Å²) < 4.78 is 5.32. The van der Waals surface area contributed by atoms with Crippen molar-refractivity contribution in [2.24, 2.45) is 0 Å². The van der Waals surface area contributed by atoms with Crippen LogP contribution in [0.3, 0.4) is 0 Å². The van der Waals surface area contributed by atoms with E-state index in [9.17, 15) is 9.59 Å². The van der Waals surface area contributed by atoms with Crippen LogP contribution in [0.15, 0.2) is 91.0 Å². The maximum absolute atomic E-state index is 13.1. The summed E-state index contributed by atoms with van der Waals surface area (Å²) >= 11 is 0. The van der Waals surface area contributed by atoms with Gasteiger partial charge in [0.05, 0.1) is 5.69 Å². The topological polar surface area (TPSA) is 58.6 Å². The fourth-order valence-electron chi connectivity index (χ4n) is 3.51. The van der Waals surface area contributed by atoms with Gasteiger partial charge in [0, 0.05) is 12.6 Å². The van der Waals surface area contributed by atoms with E-state index in [1.54, 1.807) is 18.0 Å². The number of carbonyl (C=O) groups is 2. The maximum atomic E-state index is 13.1. The van der Waals surface area contributed by atoms with Gasteiger partial charge in [-0.05, 0) is 28.8 Å². The minimum atomic E-state index is -0.846. The van der Waals surface area contributed by atoms with Crippen LogP contribution in [0.25, 0.3) is 5.57 Å². The molecule has 1 heterocycles. The first-order valence-corrected chi connectivity index (χ1v) is 9.75. The molecule has 1 N–H and O–H groups in total. The first-order valence-electron chi connectivity index (χ1n) is 9.75. The maximum Gasteiger partial charge on any atom is 0.408 e. The predicted molar refractivity (Wildman–Crippen MR) is 117 cm³/mol. The number of ether oxygens (including phenoxy) is 1. The number of amides is 2. The molecular weight excluding hydrogens is 376 g/mol. The van der Waals surface area contributed by atoms with E-state index in [4.69, 9.17) is 4.74 Å². The van der Waals surface area contributed by atoms with E-state index in [-0.39, 0.29) is 12.5 Å². The number of hydrogen-bond donors (Lipinski definition) is 1. The van der Waals surface area contributed by atoms with E-state index in [1.165, 1.54) is 0 Å². The molecule has 1 unspecified atom stereocenters. The minimum Gasteiger partial charge on any atom is -0.445 e. The Morgan fingerprint density at radius 3 is 2.30 bits per heavy atom. The van der Waals surface area contributed by atoms with E-state index >= 15 is 0 Å². The number of fused-ring (bicyclic) bond motifs is 1. The fraction of sp³-hybridized carbons (Fsp3) is 0.120. The lowest BCUT2D eigenvalue weighted by atomic mass is 9.95. The Bertz CT molecular complexity index is 1080. The molecule has 2 amide bonds. The summed E-state index contributed by atoms with van der Waals surface area (Å²) in [7, 11) is 1.72. The number of alkyl carbamates (subject to hydrolysis) is 1. The molecule has 0 saturated carbocycles. The van der Waals surface area contributed by atoms with Crippen LogP contribution in [-0.2, 0) is 16.1 Å². The van der Waals surface area contributed by atoms with Crippen LogP contribution < -0.4 is 10.2 Å². The number of likely N-dealkylation sites (N-methyl/N-ethyl adjacent to an activating group) is 1. The third-order valence-electron chi connectivity index (χ3n) is 5.06. The molecule has 1 aliphatic heterocycles. The third kappa shape index (κ3) is 4.10. The smallest absolute Gasteiger partial charge is 0.408 e. The molecule has 30 heavy (non-hydrogen) atoms. The Morgan fingerprint density at radius 2 is 1.57 bits per heavy atom. The van der Waals surface area contributed by atoms with Gasteiger partial charge < -0.3 is 15.0 Å². The SMILES string of the molecule is CN1C(=O)C(NC(=O)OCc2ccccc2)C=C(c2ccccc2)c2ccccc21. The molecule has 0 bridgehead atoms. The van der Waals surface area contributed by atoms with Gasteiger partial charge in [0.2, 0.25) is 0 Å². The zero-order valence-corrected chi connectivity index (χ0v) is 16.6. The van der Waals surface area contributed by atoms with Gasteiger partial charge in [-0.2, -0.15) is 0 Å². The highest BCUT2D eigenvalue weighted by atomic mass is 16.5. The van der Waals surface area contributed by atoms with Gasteiger partial charge in [0.25, 0.3) is 5.91 Å². The number of para-hydroxylation sites is 1. The zero-order chi connectivity index (χ0) is 20.9. The van der Waals surface area contributed by atoms with Crippen LogP contribution in [-0.4, -0.2) is 25.1 Å². The molecule has 0 spiro atoms. The summed E-state index contributed by atoms with van der Waals surface area (Å²) in [6.07, 6.45) is 1.16. The second kappa shape index (κ2) is 8.66. The highest BCUT2D eigenvalue weighted by Gasteiger charge is 2.29. The van der Waals surface area contributed by atoms with E-state index in [0.717, 1.165) is 28.0 Å². The van der Waals surface area contributed by atoms with Gasteiger partial charge in [0.1, 0.15) is 12.6 Å². The molecule has 5 heteroatoms. The lowest BCUT2D eigenvalue weighted by Gasteiger charge is -2.21. The summed E-state index contributed by atoms with van der Waals surface area (Å²) in [5.74, 6) is -0.231. The summed E-state index contributed by atoms with van der Waals surface area (Å²) in [4.78, 5) is 27.1.